The molecule has 0 radical (unpaired) electrons. The van der Waals surface area contributed by atoms with E-state index in [1.54, 1.807) is 23.1 Å². The molecule has 3 heterocycles. The molecule has 128 valence electrons. The first kappa shape index (κ1) is 15.7. The molecular formula is C18H17FN4O2. The molecule has 1 aliphatic rings. The first-order valence-electron chi connectivity index (χ1n) is 8.08. The highest BCUT2D eigenvalue weighted by Gasteiger charge is 2.36. The summed E-state index contributed by atoms with van der Waals surface area (Å²) < 4.78 is 13.2. The highest BCUT2D eigenvalue weighted by Crippen LogP contribution is 2.33. The smallest absolute Gasteiger partial charge is 0.256 e. The summed E-state index contributed by atoms with van der Waals surface area (Å²) in [4.78, 5) is 18.8. The number of aliphatic hydroxyl groups is 1. The minimum Gasteiger partial charge on any atom is -0.391 e. The average molecular weight is 340 g/mol. The van der Waals surface area contributed by atoms with Gasteiger partial charge in [0.25, 0.3) is 5.91 Å². The summed E-state index contributed by atoms with van der Waals surface area (Å²) in [6, 6.07) is 7.51. The first-order valence-corrected chi connectivity index (χ1v) is 8.08. The number of carbonyl (C=O) groups excluding carboxylic acids is 1. The van der Waals surface area contributed by atoms with E-state index in [-0.39, 0.29) is 24.3 Å². The fourth-order valence-corrected chi connectivity index (χ4v) is 3.34. The van der Waals surface area contributed by atoms with E-state index < -0.39 is 6.10 Å². The summed E-state index contributed by atoms with van der Waals surface area (Å²) in [5, 5.41) is 17.8. The van der Waals surface area contributed by atoms with Gasteiger partial charge in [0.1, 0.15) is 5.82 Å². The highest BCUT2D eigenvalue weighted by molar-refractivity contribution is 5.97. The molecule has 7 heteroatoms. The van der Waals surface area contributed by atoms with Crippen LogP contribution in [0.15, 0.2) is 36.5 Å². The Kier molecular flexibility index (Phi) is 3.73. The van der Waals surface area contributed by atoms with Gasteiger partial charge in [-0.1, -0.05) is 12.1 Å². The van der Waals surface area contributed by atoms with Crippen LogP contribution in [0.2, 0.25) is 0 Å². The second-order valence-electron chi connectivity index (χ2n) is 6.36. The molecule has 1 fully saturated rings. The first-order chi connectivity index (χ1) is 12.0. The molecule has 1 aliphatic heterocycles. The van der Waals surface area contributed by atoms with E-state index >= 15 is 0 Å². The van der Waals surface area contributed by atoms with Crippen molar-refractivity contribution < 1.29 is 14.3 Å². The predicted molar refractivity (Wildman–Crippen MR) is 89.4 cm³/mol. The molecule has 6 nitrogen and oxygen atoms in total. The number of fused-ring (bicyclic) bond motifs is 1. The van der Waals surface area contributed by atoms with Gasteiger partial charge in [-0.25, -0.2) is 9.37 Å². The van der Waals surface area contributed by atoms with Crippen LogP contribution in [0.3, 0.4) is 0 Å². The van der Waals surface area contributed by atoms with Crippen LogP contribution in [0, 0.1) is 12.7 Å². The number of hydrogen-bond donors (Lipinski definition) is 2. The third kappa shape index (κ3) is 2.76. The number of hydrogen-bond acceptors (Lipinski definition) is 4. The van der Waals surface area contributed by atoms with Gasteiger partial charge >= 0.3 is 0 Å². The van der Waals surface area contributed by atoms with Crippen molar-refractivity contribution in [3.8, 4) is 0 Å². The van der Waals surface area contributed by atoms with Crippen molar-refractivity contribution in [1.82, 2.24) is 20.1 Å². The van der Waals surface area contributed by atoms with Crippen LogP contribution < -0.4 is 0 Å². The van der Waals surface area contributed by atoms with E-state index in [9.17, 15) is 14.3 Å². The quantitative estimate of drug-likeness (QED) is 0.750. The Labute approximate surface area is 143 Å². The Morgan fingerprint density at radius 2 is 2.12 bits per heavy atom. The van der Waals surface area contributed by atoms with E-state index in [0.717, 1.165) is 16.6 Å². The lowest BCUT2D eigenvalue weighted by molar-refractivity contribution is 0.0715. The number of halogens is 1. The zero-order valence-electron chi connectivity index (χ0n) is 13.6. The van der Waals surface area contributed by atoms with Crippen LogP contribution in [0.1, 0.15) is 34.1 Å². The maximum atomic E-state index is 13.2. The van der Waals surface area contributed by atoms with Crippen LogP contribution in [0.4, 0.5) is 4.39 Å². The number of H-pyrrole nitrogens is 1. The molecule has 2 atom stereocenters. The number of nitrogens with one attached hydrogen (secondary N) is 1. The molecule has 0 aliphatic carbocycles. The van der Waals surface area contributed by atoms with Gasteiger partial charge in [0.2, 0.25) is 0 Å². The number of aliphatic hydroxyl groups excluding tert-OH is 1. The van der Waals surface area contributed by atoms with E-state index in [1.807, 2.05) is 6.92 Å². The van der Waals surface area contributed by atoms with Crippen molar-refractivity contribution >= 4 is 16.9 Å². The van der Waals surface area contributed by atoms with Crippen molar-refractivity contribution in [3.63, 3.8) is 0 Å². The maximum Gasteiger partial charge on any atom is 0.256 e. The molecule has 25 heavy (non-hydrogen) atoms. The second-order valence-corrected chi connectivity index (χ2v) is 6.36. The lowest BCUT2D eigenvalue weighted by Gasteiger charge is -2.24. The molecule has 0 bridgehead atoms. The predicted octanol–water partition coefficient (Wildman–Crippen LogP) is 2.35. The van der Waals surface area contributed by atoms with Crippen LogP contribution in [0.25, 0.3) is 11.0 Å². The Hall–Kier alpha value is -2.80. The van der Waals surface area contributed by atoms with Crippen molar-refractivity contribution in [2.45, 2.75) is 25.5 Å². The molecule has 3 aromatic rings. The zero-order chi connectivity index (χ0) is 17.6. The summed E-state index contributed by atoms with van der Waals surface area (Å²) in [5.74, 6) is -0.536. The Bertz CT molecular complexity index is 938. The van der Waals surface area contributed by atoms with Gasteiger partial charge in [-0.2, -0.15) is 5.10 Å². The van der Waals surface area contributed by atoms with Crippen molar-refractivity contribution in [2.24, 2.45) is 0 Å². The molecule has 2 N–H and O–H groups in total. The summed E-state index contributed by atoms with van der Waals surface area (Å²) in [6.07, 6.45) is 1.32. The minimum absolute atomic E-state index is 0.208. The standard InChI is InChI=1S/C18H17FN4O2/c1-10-15-6-12(8-20-17(15)22-21-10)18(25)23-9-14(24)7-16(23)11-2-4-13(19)5-3-11/h2-6,8,14,16,24H,7,9H2,1H3,(H,20,21,22). The summed E-state index contributed by atoms with van der Waals surface area (Å²) in [6.45, 7) is 2.11. The van der Waals surface area contributed by atoms with Crippen LogP contribution >= 0.6 is 0 Å². The zero-order valence-corrected chi connectivity index (χ0v) is 13.6. The van der Waals surface area contributed by atoms with Gasteiger partial charge < -0.3 is 10.0 Å². The van der Waals surface area contributed by atoms with Crippen LogP contribution in [0.5, 0.6) is 0 Å². The van der Waals surface area contributed by atoms with Gasteiger partial charge in [0.15, 0.2) is 5.65 Å². The number of aryl methyl sites for hydroxylation is 1. The third-order valence-corrected chi connectivity index (χ3v) is 4.64. The molecule has 1 saturated heterocycles. The van der Waals surface area contributed by atoms with Gasteiger partial charge in [-0.3, -0.25) is 9.89 Å². The van der Waals surface area contributed by atoms with Crippen LogP contribution in [-0.4, -0.2) is 43.7 Å². The average Bonchev–Trinajstić information content (AvgIpc) is 3.18. The van der Waals surface area contributed by atoms with Gasteiger partial charge in [0, 0.05) is 23.8 Å². The summed E-state index contributed by atoms with van der Waals surface area (Å²) in [5.41, 5.74) is 2.65. The molecule has 2 aromatic heterocycles. The Morgan fingerprint density at radius 1 is 1.36 bits per heavy atom. The monoisotopic (exact) mass is 340 g/mol. The fourth-order valence-electron chi connectivity index (χ4n) is 3.34. The third-order valence-electron chi connectivity index (χ3n) is 4.64. The van der Waals surface area contributed by atoms with E-state index in [1.165, 1.54) is 18.3 Å². The van der Waals surface area contributed by atoms with E-state index in [0.29, 0.717) is 17.6 Å². The van der Waals surface area contributed by atoms with Crippen LogP contribution in [-0.2, 0) is 0 Å². The Balaban J connectivity index is 1.68. The maximum absolute atomic E-state index is 13.2. The SMILES string of the molecule is Cc1[nH]nc2ncc(C(=O)N3CC(O)CC3c3ccc(F)cc3)cc12. The lowest BCUT2D eigenvalue weighted by Crippen LogP contribution is -2.31. The number of aromatic amines is 1. The minimum atomic E-state index is -0.605. The molecule has 0 saturated carbocycles. The van der Waals surface area contributed by atoms with E-state index in [4.69, 9.17) is 0 Å². The van der Waals surface area contributed by atoms with Crippen molar-refractivity contribution in [2.75, 3.05) is 6.54 Å². The number of likely N-dealkylation sites (tertiary alicyclic amines) is 1. The van der Waals surface area contributed by atoms with Gasteiger partial charge in [-0.15, -0.1) is 0 Å². The topological polar surface area (TPSA) is 82.1 Å². The normalized spacial score (nSPS) is 20.4. The molecular weight excluding hydrogens is 323 g/mol. The summed E-state index contributed by atoms with van der Waals surface area (Å²) in [7, 11) is 0. The van der Waals surface area contributed by atoms with Gasteiger partial charge in [0.05, 0.1) is 17.7 Å². The highest BCUT2D eigenvalue weighted by atomic mass is 19.1. The Morgan fingerprint density at radius 3 is 2.88 bits per heavy atom. The fraction of sp³-hybridized carbons (Fsp3) is 0.278. The number of rotatable bonds is 2. The van der Waals surface area contributed by atoms with E-state index in [2.05, 4.69) is 15.2 Å². The largest absolute Gasteiger partial charge is 0.391 e. The second kappa shape index (κ2) is 5.93. The summed E-state index contributed by atoms with van der Waals surface area (Å²) >= 11 is 0. The number of aromatic nitrogens is 3. The molecule has 0 spiro atoms. The lowest BCUT2D eigenvalue weighted by atomic mass is 10.0. The molecule has 2 unspecified atom stereocenters. The number of benzene rings is 1. The molecule has 1 aromatic carbocycles. The molecule has 1 amide bonds. The number of nitrogens with zero attached hydrogens (tertiary/aromatic N) is 3. The molecule has 4 rings (SSSR count). The van der Waals surface area contributed by atoms with Crippen molar-refractivity contribution in [1.29, 1.82) is 0 Å². The number of β-amino-alcohol motifs (C(OH)–C–C–N with tert-alkyl or cyclic N) is 1. The number of amides is 1. The number of pyridine rings is 1. The van der Waals surface area contributed by atoms with Crippen molar-refractivity contribution in [3.05, 3.63) is 59.2 Å². The number of carbonyl (C=O) groups is 1. The van der Waals surface area contributed by atoms with Gasteiger partial charge in [-0.05, 0) is 37.1 Å².